The molecule has 4 nitrogen and oxygen atoms in total. The largest absolute Gasteiger partial charge is 0.455 e. The monoisotopic (exact) mass is 649 g/mol. The summed E-state index contributed by atoms with van der Waals surface area (Å²) in [6, 6.07) is 52.8. The van der Waals surface area contributed by atoms with Crippen LogP contribution in [0.4, 0.5) is 17.1 Å². The molecular weight excluding hydrogens is 611 g/mol. The number of anilines is 3. The van der Waals surface area contributed by atoms with Crippen LogP contribution in [0.2, 0.25) is 0 Å². The van der Waals surface area contributed by atoms with Crippen LogP contribution in [0.25, 0.3) is 39.2 Å². The zero-order valence-electron chi connectivity index (χ0n) is 28.1. The minimum Gasteiger partial charge on any atom is -0.455 e. The van der Waals surface area contributed by atoms with Crippen LogP contribution >= 0.6 is 0 Å². The summed E-state index contributed by atoms with van der Waals surface area (Å²) in [5.41, 5.74) is 16.1. The predicted molar refractivity (Wildman–Crippen MR) is 211 cm³/mol. The molecule has 50 heavy (non-hydrogen) atoms. The van der Waals surface area contributed by atoms with E-state index in [1.807, 2.05) is 18.2 Å². The van der Waals surface area contributed by atoms with Crippen LogP contribution in [0.3, 0.4) is 0 Å². The van der Waals surface area contributed by atoms with Crippen molar-refractivity contribution in [2.24, 2.45) is 5.92 Å². The van der Waals surface area contributed by atoms with Crippen LogP contribution in [0.5, 0.6) is 0 Å². The van der Waals surface area contributed by atoms with E-state index in [0.717, 1.165) is 45.6 Å². The van der Waals surface area contributed by atoms with E-state index in [0.29, 0.717) is 12.5 Å². The van der Waals surface area contributed by atoms with Crippen LogP contribution in [-0.4, -0.2) is 0 Å². The molecular formula is C46H39N3O. The number of fused-ring (bicyclic) bond motifs is 3. The maximum atomic E-state index is 6.38. The number of furan rings is 1. The number of hydrogen-bond acceptors (Lipinski definition) is 4. The Kier molecular flexibility index (Phi) is 8.84. The van der Waals surface area contributed by atoms with Gasteiger partial charge in [-0.3, -0.25) is 5.01 Å². The Morgan fingerprint density at radius 3 is 2.20 bits per heavy atom. The lowest BCUT2D eigenvalue weighted by Crippen LogP contribution is -2.32. The van der Waals surface area contributed by atoms with E-state index >= 15 is 0 Å². The normalized spacial score (nSPS) is 14.5. The topological polar surface area (TPSA) is 40.4 Å². The second kappa shape index (κ2) is 14.2. The number of para-hydroxylation sites is 3. The molecule has 6 aromatic carbocycles. The first kappa shape index (κ1) is 31.2. The van der Waals surface area contributed by atoms with E-state index in [1.165, 1.54) is 33.2 Å². The SMILES string of the molecule is CC1CC(c2cccc3c2oc2ccccc23)=CC=C1c1ccccc1Nc1ccc(N(/C=C/c2ccccc2)NCc2ccccc2)cc1. The van der Waals surface area contributed by atoms with Gasteiger partial charge in [-0.15, -0.1) is 0 Å². The fraction of sp³-hybridized carbons (Fsp3) is 0.0870. The maximum Gasteiger partial charge on any atom is 0.142 e. The van der Waals surface area contributed by atoms with Crippen molar-refractivity contribution in [3.8, 4) is 0 Å². The average Bonchev–Trinajstić information content (AvgIpc) is 3.56. The lowest BCUT2D eigenvalue weighted by molar-refractivity contribution is 0.666. The van der Waals surface area contributed by atoms with Crippen molar-refractivity contribution >= 4 is 56.2 Å². The molecule has 2 N–H and O–H groups in total. The second-order valence-corrected chi connectivity index (χ2v) is 12.8. The van der Waals surface area contributed by atoms with Crippen LogP contribution in [0, 0.1) is 5.92 Å². The van der Waals surface area contributed by atoms with E-state index in [2.05, 4.69) is 181 Å². The summed E-state index contributed by atoms with van der Waals surface area (Å²) < 4.78 is 6.38. The molecule has 0 amide bonds. The van der Waals surface area contributed by atoms with Gasteiger partial charge in [-0.05, 0) is 77.1 Å². The number of benzene rings is 6. The Hall–Kier alpha value is -6.10. The standard InChI is InChI=1S/C46H39N3O/c1-33-31-36(40-19-12-20-43-42-18-9-11-22-45(42)50-46(40)43)23-28-39(33)41-17-8-10-21-44(41)48-37-24-26-38(27-25-37)49(30-29-34-13-4-2-5-14-34)47-32-35-15-6-3-7-16-35/h2-30,33,47-48H,31-32H2,1H3/b30-29+. The van der Waals surface area contributed by atoms with Crippen LogP contribution in [-0.2, 0) is 6.54 Å². The van der Waals surface area contributed by atoms with Gasteiger partial charge in [0.1, 0.15) is 11.2 Å². The molecule has 1 aliphatic carbocycles. The molecule has 1 aromatic heterocycles. The average molecular weight is 650 g/mol. The van der Waals surface area contributed by atoms with Gasteiger partial charge in [-0.2, -0.15) is 0 Å². The van der Waals surface area contributed by atoms with Crippen LogP contribution < -0.4 is 15.8 Å². The van der Waals surface area contributed by atoms with Crippen molar-refractivity contribution < 1.29 is 4.42 Å². The highest BCUT2D eigenvalue weighted by molar-refractivity contribution is 6.08. The summed E-state index contributed by atoms with van der Waals surface area (Å²) in [4.78, 5) is 0. The Bertz CT molecular complexity index is 2330. The van der Waals surface area contributed by atoms with Crippen LogP contribution in [0.15, 0.2) is 174 Å². The summed E-state index contributed by atoms with van der Waals surface area (Å²) in [5, 5.41) is 8.14. The minimum absolute atomic E-state index is 0.334. The molecule has 4 heteroatoms. The molecule has 244 valence electrons. The number of hydrogen-bond donors (Lipinski definition) is 2. The van der Waals surface area contributed by atoms with Gasteiger partial charge in [0.05, 0.1) is 5.69 Å². The molecule has 0 saturated heterocycles. The number of nitrogens with one attached hydrogen (secondary N) is 2. The highest BCUT2D eigenvalue weighted by Gasteiger charge is 2.22. The molecule has 1 unspecified atom stereocenters. The van der Waals surface area contributed by atoms with Gasteiger partial charge in [0.25, 0.3) is 0 Å². The predicted octanol–water partition coefficient (Wildman–Crippen LogP) is 12.0. The first-order valence-corrected chi connectivity index (χ1v) is 17.3. The summed E-state index contributed by atoms with van der Waals surface area (Å²) in [6.07, 6.45) is 9.72. The zero-order valence-corrected chi connectivity index (χ0v) is 28.1. The molecule has 0 bridgehead atoms. The Morgan fingerprint density at radius 1 is 0.680 bits per heavy atom. The number of nitrogens with zero attached hydrogens (tertiary/aromatic N) is 1. The first-order chi connectivity index (χ1) is 24.7. The van der Waals surface area contributed by atoms with E-state index in [-0.39, 0.29) is 0 Å². The van der Waals surface area contributed by atoms with Gasteiger partial charge >= 0.3 is 0 Å². The number of allylic oxidation sites excluding steroid dienone is 4. The molecule has 1 atom stereocenters. The molecule has 1 heterocycles. The lowest BCUT2D eigenvalue weighted by Gasteiger charge is -2.25. The Balaban J connectivity index is 1.04. The van der Waals surface area contributed by atoms with Gasteiger partial charge in [0.2, 0.25) is 0 Å². The summed E-state index contributed by atoms with van der Waals surface area (Å²) in [7, 11) is 0. The van der Waals surface area contributed by atoms with Gasteiger partial charge in [0, 0.05) is 46.0 Å². The van der Waals surface area contributed by atoms with E-state index < -0.39 is 0 Å². The van der Waals surface area contributed by atoms with Crippen molar-refractivity contribution in [1.82, 2.24) is 5.43 Å². The fourth-order valence-corrected chi connectivity index (χ4v) is 6.85. The fourth-order valence-electron chi connectivity index (χ4n) is 6.85. The van der Waals surface area contributed by atoms with Crippen molar-refractivity contribution in [3.63, 3.8) is 0 Å². The second-order valence-electron chi connectivity index (χ2n) is 12.8. The van der Waals surface area contributed by atoms with Crippen LogP contribution in [0.1, 0.15) is 35.6 Å². The molecule has 0 radical (unpaired) electrons. The van der Waals surface area contributed by atoms with Gasteiger partial charge in [-0.1, -0.05) is 134 Å². The molecule has 0 aliphatic heterocycles. The molecule has 8 rings (SSSR count). The summed E-state index contributed by atoms with van der Waals surface area (Å²) in [6.45, 7) is 3.04. The molecule has 0 spiro atoms. The third-order valence-corrected chi connectivity index (χ3v) is 9.45. The highest BCUT2D eigenvalue weighted by Crippen LogP contribution is 2.42. The molecule has 0 fully saturated rings. The lowest BCUT2D eigenvalue weighted by atomic mass is 9.81. The van der Waals surface area contributed by atoms with E-state index in [9.17, 15) is 0 Å². The molecule has 0 saturated carbocycles. The Labute approximate surface area is 293 Å². The third-order valence-electron chi connectivity index (χ3n) is 9.45. The maximum absolute atomic E-state index is 6.38. The van der Waals surface area contributed by atoms with Crippen molar-refractivity contribution in [2.75, 3.05) is 10.3 Å². The molecule has 7 aromatic rings. The van der Waals surface area contributed by atoms with Crippen molar-refractivity contribution in [2.45, 2.75) is 19.9 Å². The molecule has 1 aliphatic rings. The Morgan fingerprint density at radius 2 is 1.38 bits per heavy atom. The minimum atomic E-state index is 0.334. The van der Waals surface area contributed by atoms with Crippen molar-refractivity contribution in [3.05, 3.63) is 192 Å². The van der Waals surface area contributed by atoms with Gasteiger partial charge in [-0.25, -0.2) is 5.43 Å². The first-order valence-electron chi connectivity index (χ1n) is 17.3. The van der Waals surface area contributed by atoms with Gasteiger partial charge in [0.15, 0.2) is 0 Å². The zero-order chi connectivity index (χ0) is 33.7. The van der Waals surface area contributed by atoms with E-state index in [4.69, 9.17) is 4.42 Å². The summed E-state index contributed by atoms with van der Waals surface area (Å²) in [5.74, 6) is 0.334. The highest BCUT2D eigenvalue weighted by atomic mass is 16.3. The van der Waals surface area contributed by atoms with Gasteiger partial charge < -0.3 is 9.73 Å². The van der Waals surface area contributed by atoms with Crippen molar-refractivity contribution in [1.29, 1.82) is 0 Å². The van der Waals surface area contributed by atoms with E-state index in [1.54, 1.807) is 0 Å². The smallest absolute Gasteiger partial charge is 0.142 e. The summed E-state index contributed by atoms with van der Waals surface area (Å²) >= 11 is 0. The number of hydrazine groups is 1. The quantitative estimate of drug-likeness (QED) is 0.145. The number of rotatable bonds is 10. The third kappa shape index (κ3) is 6.62.